The number of hydrogen-bond acceptors (Lipinski definition) is 3. The van der Waals surface area contributed by atoms with E-state index in [1.54, 1.807) is 0 Å². The monoisotopic (exact) mass is 343 g/mol. The van der Waals surface area contributed by atoms with Gasteiger partial charge in [0.25, 0.3) is 0 Å². The van der Waals surface area contributed by atoms with Crippen molar-refractivity contribution in [1.82, 2.24) is 5.32 Å². The van der Waals surface area contributed by atoms with Gasteiger partial charge in [0, 0.05) is 13.2 Å². The Kier molecular flexibility index (Phi) is 5.53. The number of ether oxygens (including phenoxy) is 1. The van der Waals surface area contributed by atoms with Gasteiger partial charge in [0.1, 0.15) is 0 Å². The molecule has 2 N–H and O–H groups in total. The second-order valence-electron chi connectivity index (χ2n) is 6.88. The maximum absolute atomic E-state index is 12.7. The highest BCUT2D eigenvalue weighted by Gasteiger charge is 2.51. The van der Waals surface area contributed by atoms with E-state index in [2.05, 4.69) is 12.2 Å². The third-order valence-corrected chi connectivity index (χ3v) is 5.22. The van der Waals surface area contributed by atoms with Crippen LogP contribution in [0.4, 0.5) is 0 Å². The zero-order chi connectivity index (χ0) is 17.8. The first-order valence-electron chi connectivity index (χ1n) is 8.95. The smallest absolute Gasteiger partial charge is 0.307 e. The second kappa shape index (κ2) is 7.83. The average Bonchev–Trinajstić information content (AvgIpc) is 3.22. The number of fused-ring (bicyclic) bond motifs is 2. The van der Waals surface area contributed by atoms with Gasteiger partial charge in [-0.15, -0.1) is 0 Å². The van der Waals surface area contributed by atoms with Gasteiger partial charge in [-0.3, -0.25) is 9.59 Å². The summed E-state index contributed by atoms with van der Waals surface area (Å²) < 4.78 is 5.61. The molecule has 2 aliphatic carbocycles. The average molecular weight is 343 g/mol. The van der Waals surface area contributed by atoms with Crippen LogP contribution in [0.3, 0.4) is 0 Å². The molecule has 1 aromatic rings. The molecule has 4 atom stereocenters. The molecular formula is C20H25NO4. The van der Waals surface area contributed by atoms with Crippen LogP contribution in [0.15, 0.2) is 36.4 Å². The molecule has 5 nitrogen and oxygen atoms in total. The maximum Gasteiger partial charge on any atom is 0.307 e. The van der Waals surface area contributed by atoms with Gasteiger partial charge in [0.15, 0.2) is 0 Å². The third kappa shape index (κ3) is 3.76. The second-order valence-corrected chi connectivity index (χ2v) is 6.88. The molecule has 0 heterocycles. The lowest BCUT2D eigenvalue weighted by atomic mass is 9.82. The Labute approximate surface area is 148 Å². The first-order chi connectivity index (χ1) is 12.1. The summed E-state index contributed by atoms with van der Waals surface area (Å²) in [7, 11) is 0. The van der Waals surface area contributed by atoms with Gasteiger partial charge in [0.2, 0.25) is 5.91 Å². The fourth-order valence-electron chi connectivity index (χ4n) is 4.01. The summed E-state index contributed by atoms with van der Waals surface area (Å²) in [5.41, 5.74) is 2.07. The normalized spacial score (nSPS) is 26.8. The first kappa shape index (κ1) is 17.7. The Morgan fingerprint density at radius 1 is 1.16 bits per heavy atom. The standard InChI is InChI=1S/C20H25NO4/c1-2-9-25-12-16-6-4-3-5-15(16)11-21-19(22)17-13-7-8-14(10-13)18(17)20(23)24/h3-8,13-14,17-18H,2,9-12H2,1H3,(H,21,22)(H,23,24). The predicted octanol–water partition coefficient (Wildman–Crippen LogP) is 2.75. The summed E-state index contributed by atoms with van der Waals surface area (Å²) in [6.07, 6.45) is 5.69. The quantitative estimate of drug-likeness (QED) is 0.562. The molecule has 2 bridgehead atoms. The van der Waals surface area contributed by atoms with Crippen LogP contribution in [-0.4, -0.2) is 23.6 Å². The summed E-state index contributed by atoms with van der Waals surface area (Å²) in [5, 5.41) is 12.4. The van der Waals surface area contributed by atoms with Crippen molar-refractivity contribution in [2.45, 2.75) is 32.9 Å². The van der Waals surface area contributed by atoms with E-state index in [-0.39, 0.29) is 17.7 Å². The highest BCUT2D eigenvalue weighted by molar-refractivity contribution is 5.86. The lowest BCUT2D eigenvalue weighted by Gasteiger charge is -2.24. The van der Waals surface area contributed by atoms with E-state index >= 15 is 0 Å². The van der Waals surface area contributed by atoms with Crippen LogP contribution in [0.1, 0.15) is 30.9 Å². The van der Waals surface area contributed by atoms with Crippen LogP contribution >= 0.6 is 0 Å². The van der Waals surface area contributed by atoms with Gasteiger partial charge in [-0.1, -0.05) is 43.3 Å². The number of aliphatic carboxylic acids is 1. The van der Waals surface area contributed by atoms with E-state index in [1.165, 1.54) is 0 Å². The number of allylic oxidation sites excluding steroid dienone is 2. The van der Waals surface area contributed by atoms with Crippen molar-refractivity contribution in [3.63, 3.8) is 0 Å². The van der Waals surface area contributed by atoms with Crippen LogP contribution in [0.5, 0.6) is 0 Å². The molecule has 0 saturated heterocycles. The summed E-state index contributed by atoms with van der Waals surface area (Å²) in [4.78, 5) is 24.2. The molecule has 0 radical (unpaired) electrons. The molecule has 0 aromatic heterocycles. The summed E-state index contributed by atoms with van der Waals surface area (Å²) in [5.74, 6) is -2.05. The molecule has 3 rings (SSSR count). The highest BCUT2D eigenvalue weighted by Crippen LogP contribution is 2.48. The Morgan fingerprint density at radius 3 is 2.52 bits per heavy atom. The minimum absolute atomic E-state index is 0.00650. The molecule has 25 heavy (non-hydrogen) atoms. The van der Waals surface area contributed by atoms with Crippen molar-refractivity contribution < 1.29 is 19.4 Å². The molecular weight excluding hydrogens is 318 g/mol. The summed E-state index contributed by atoms with van der Waals surface area (Å²) >= 11 is 0. The number of carboxylic acid groups (broad SMARTS) is 1. The van der Waals surface area contributed by atoms with E-state index < -0.39 is 17.8 Å². The van der Waals surface area contributed by atoms with E-state index in [9.17, 15) is 14.7 Å². The summed E-state index contributed by atoms with van der Waals surface area (Å²) in [6.45, 7) is 3.69. The SMILES string of the molecule is CCCOCc1ccccc1CNC(=O)C1C2C=CC(C2)C1C(=O)O. The molecule has 1 amide bonds. The van der Waals surface area contributed by atoms with Gasteiger partial charge < -0.3 is 15.2 Å². The number of benzene rings is 1. The van der Waals surface area contributed by atoms with Crippen molar-refractivity contribution in [2.24, 2.45) is 23.7 Å². The lowest BCUT2D eigenvalue weighted by molar-refractivity contribution is -0.147. The number of nitrogens with one attached hydrogen (secondary N) is 1. The molecule has 1 saturated carbocycles. The van der Waals surface area contributed by atoms with Gasteiger partial charge >= 0.3 is 5.97 Å². The minimum Gasteiger partial charge on any atom is -0.481 e. The highest BCUT2D eigenvalue weighted by atomic mass is 16.5. The molecule has 0 aliphatic heterocycles. The first-order valence-corrected chi connectivity index (χ1v) is 8.95. The van der Waals surface area contributed by atoms with Crippen molar-refractivity contribution in [2.75, 3.05) is 6.61 Å². The number of carbonyl (C=O) groups excluding carboxylic acids is 1. The largest absolute Gasteiger partial charge is 0.481 e. The fourth-order valence-corrected chi connectivity index (χ4v) is 4.01. The van der Waals surface area contributed by atoms with Crippen LogP contribution in [-0.2, 0) is 27.5 Å². The van der Waals surface area contributed by atoms with Crippen molar-refractivity contribution in [3.05, 3.63) is 47.5 Å². The van der Waals surface area contributed by atoms with Crippen LogP contribution in [0, 0.1) is 23.7 Å². The lowest BCUT2D eigenvalue weighted by Crippen LogP contribution is -2.40. The Morgan fingerprint density at radius 2 is 1.84 bits per heavy atom. The van der Waals surface area contributed by atoms with Crippen molar-refractivity contribution in [1.29, 1.82) is 0 Å². The minimum atomic E-state index is -0.870. The van der Waals surface area contributed by atoms with Crippen molar-refractivity contribution >= 4 is 11.9 Å². The van der Waals surface area contributed by atoms with Crippen LogP contribution in [0.2, 0.25) is 0 Å². The van der Waals surface area contributed by atoms with E-state index in [1.807, 2.05) is 36.4 Å². The Balaban J connectivity index is 1.63. The zero-order valence-corrected chi connectivity index (χ0v) is 14.5. The molecule has 134 valence electrons. The molecule has 0 spiro atoms. The molecule has 5 heteroatoms. The fraction of sp³-hybridized carbons (Fsp3) is 0.500. The number of amides is 1. The number of rotatable bonds is 8. The zero-order valence-electron chi connectivity index (χ0n) is 14.5. The van der Waals surface area contributed by atoms with E-state index in [0.717, 1.165) is 24.0 Å². The van der Waals surface area contributed by atoms with Crippen LogP contribution < -0.4 is 5.32 Å². The molecule has 4 unspecified atom stereocenters. The third-order valence-electron chi connectivity index (χ3n) is 5.22. The number of carbonyl (C=O) groups is 2. The van der Waals surface area contributed by atoms with Gasteiger partial charge in [-0.2, -0.15) is 0 Å². The van der Waals surface area contributed by atoms with E-state index in [4.69, 9.17) is 4.74 Å². The molecule has 1 fully saturated rings. The van der Waals surface area contributed by atoms with Crippen LogP contribution in [0.25, 0.3) is 0 Å². The van der Waals surface area contributed by atoms with Crippen molar-refractivity contribution in [3.8, 4) is 0 Å². The maximum atomic E-state index is 12.7. The predicted molar refractivity (Wildman–Crippen MR) is 93.6 cm³/mol. The Bertz CT molecular complexity index is 669. The molecule has 1 aromatic carbocycles. The number of hydrogen-bond donors (Lipinski definition) is 2. The summed E-state index contributed by atoms with van der Waals surface area (Å²) in [6, 6.07) is 7.86. The van der Waals surface area contributed by atoms with Gasteiger partial charge in [0.05, 0.1) is 18.4 Å². The van der Waals surface area contributed by atoms with Gasteiger partial charge in [-0.25, -0.2) is 0 Å². The molecule has 2 aliphatic rings. The topological polar surface area (TPSA) is 75.6 Å². The Hall–Kier alpha value is -2.14. The van der Waals surface area contributed by atoms with E-state index in [0.29, 0.717) is 19.8 Å². The van der Waals surface area contributed by atoms with Gasteiger partial charge in [-0.05, 0) is 35.8 Å². The number of carboxylic acids is 1.